The van der Waals surface area contributed by atoms with Crippen molar-refractivity contribution in [2.24, 2.45) is 0 Å². The molecule has 1 N–H and O–H groups in total. The van der Waals surface area contributed by atoms with Crippen LogP contribution in [-0.2, 0) is 12.6 Å². The van der Waals surface area contributed by atoms with Crippen molar-refractivity contribution in [3.05, 3.63) is 76.3 Å². The SMILES string of the molecule is CC(C)Oc1ccccc1C(=O)Nc1ncc(Cc2cccc(C(F)(F)F)c2)s1. The fourth-order valence-electron chi connectivity index (χ4n) is 2.68. The number of benzene rings is 2. The van der Waals surface area contributed by atoms with Crippen LogP contribution in [0.2, 0.25) is 0 Å². The Labute approximate surface area is 170 Å². The third kappa shape index (κ3) is 5.57. The van der Waals surface area contributed by atoms with E-state index in [1.54, 1.807) is 36.5 Å². The van der Waals surface area contributed by atoms with Gasteiger partial charge in [-0.05, 0) is 37.6 Å². The van der Waals surface area contributed by atoms with E-state index in [0.29, 0.717) is 28.4 Å². The largest absolute Gasteiger partial charge is 0.490 e. The van der Waals surface area contributed by atoms with Crippen LogP contribution in [0.15, 0.2) is 54.7 Å². The monoisotopic (exact) mass is 420 g/mol. The van der Waals surface area contributed by atoms with Crippen LogP contribution in [-0.4, -0.2) is 17.0 Å². The van der Waals surface area contributed by atoms with Crippen LogP contribution in [0.5, 0.6) is 5.75 Å². The van der Waals surface area contributed by atoms with E-state index in [1.165, 1.54) is 17.4 Å². The molecule has 0 aliphatic heterocycles. The Morgan fingerprint density at radius 2 is 1.93 bits per heavy atom. The molecule has 1 heterocycles. The van der Waals surface area contributed by atoms with Gasteiger partial charge in [-0.2, -0.15) is 13.2 Å². The normalized spacial score (nSPS) is 11.5. The highest BCUT2D eigenvalue weighted by Crippen LogP contribution is 2.31. The Hall–Kier alpha value is -2.87. The molecule has 0 unspecified atom stereocenters. The number of carbonyl (C=O) groups is 1. The number of aromatic nitrogens is 1. The van der Waals surface area contributed by atoms with Gasteiger partial charge in [0.1, 0.15) is 5.75 Å². The Balaban J connectivity index is 1.71. The maximum absolute atomic E-state index is 12.9. The van der Waals surface area contributed by atoms with Crippen LogP contribution in [0.25, 0.3) is 0 Å². The zero-order chi connectivity index (χ0) is 21.0. The molecule has 0 spiro atoms. The highest BCUT2D eigenvalue weighted by molar-refractivity contribution is 7.15. The smallest absolute Gasteiger partial charge is 0.416 e. The predicted octanol–water partition coefficient (Wildman–Crippen LogP) is 5.79. The van der Waals surface area contributed by atoms with Gasteiger partial charge in [-0.1, -0.05) is 30.3 Å². The first-order valence-electron chi connectivity index (χ1n) is 8.90. The molecule has 3 rings (SSSR count). The third-order valence-electron chi connectivity index (χ3n) is 3.90. The van der Waals surface area contributed by atoms with Crippen molar-refractivity contribution in [1.82, 2.24) is 4.98 Å². The van der Waals surface area contributed by atoms with Crippen LogP contribution < -0.4 is 10.1 Å². The summed E-state index contributed by atoms with van der Waals surface area (Å²) in [5, 5.41) is 3.09. The first-order valence-corrected chi connectivity index (χ1v) is 9.72. The molecule has 1 aromatic heterocycles. The topological polar surface area (TPSA) is 51.2 Å². The summed E-state index contributed by atoms with van der Waals surface area (Å²) in [6, 6.07) is 12.1. The minimum atomic E-state index is -4.38. The second-order valence-electron chi connectivity index (χ2n) is 6.62. The van der Waals surface area contributed by atoms with Crippen molar-refractivity contribution in [1.29, 1.82) is 0 Å². The molecule has 29 heavy (non-hydrogen) atoms. The highest BCUT2D eigenvalue weighted by atomic mass is 32.1. The second kappa shape index (κ2) is 8.65. The van der Waals surface area contributed by atoms with Gasteiger partial charge in [-0.25, -0.2) is 4.98 Å². The van der Waals surface area contributed by atoms with Gasteiger partial charge in [0.05, 0.1) is 17.2 Å². The van der Waals surface area contributed by atoms with Crippen LogP contribution >= 0.6 is 11.3 Å². The summed E-state index contributed by atoms with van der Waals surface area (Å²) in [4.78, 5) is 17.5. The molecule has 0 saturated heterocycles. The van der Waals surface area contributed by atoms with Crippen LogP contribution in [0.3, 0.4) is 0 Å². The number of nitrogens with zero attached hydrogens (tertiary/aromatic N) is 1. The molecule has 8 heteroatoms. The summed E-state index contributed by atoms with van der Waals surface area (Å²) < 4.78 is 44.2. The Bertz CT molecular complexity index is 999. The average Bonchev–Trinajstić information content (AvgIpc) is 3.08. The van der Waals surface area contributed by atoms with Gasteiger partial charge < -0.3 is 4.74 Å². The molecule has 4 nitrogen and oxygen atoms in total. The lowest BCUT2D eigenvalue weighted by molar-refractivity contribution is -0.137. The van der Waals surface area contributed by atoms with E-state index in [1.807, 2.05) is 13.8 Å². The summed E-state index contributed by atoms with van der Waals surface area (Å²) in [6.45, 7) is 3.74. The number of para-hydroxylation sites is 1. The summed E-state index contributed by atoms with van der Waals surface area (Å²) in [5.74, 6) is 0.113. The van der Waals surface area contributed by atoms with E-state index in [-0.39, 0.29) is 12.0 Å². The van der Waals surface area contributed by atoms with E-state index < -0.39 is 11.7 Å². The molecular weight excluding hydrogens is 401 g/mol. The summed E-state index contributed by atoms with van der Waals surface area (Å²) in [5.41, 5.74) is 0.225. The molecule has 0 radical (unpaired) electrons. The molecule has 3 aromatic rings. The van der Waals surface area contributed by atoms with Gasteiger partial charge in [-0.15, -0.1) is 11.3 Å². The molecular formula is C21H19F3N2O2S. The van der Waals surface area contributed by atoms with Crippen molar-refractivity contribution in [2.75, 3.05) is 5.32 Å². The first-order chi connectivity index (χ1) is 13.7. The molecule has 0 atom stereocenters. The molecule has 1 amide bonds. The second-order valence-corrected chi connectivity index (χ2v) is 7.74. The lowest BCUT2D eigenvalue weighted by Crippen LogP contribution is -2.15. The van der Waals surface area contributed by atoms with E-state index in [2.05, 4.69) is 10.3 Å². The van der Waals surface area contributed by atoms with E-state index in [4.69, 9.17) is 4.74 Å². The van der Waals surface area contributed by atoms with Crippen molar-refractivity contribution in [2.45, 2.75) is 32.5 Å². The molecule has 0 bridgehead atoms. The number of alkyl halides is 3. The van der Waals surface area contributed by atoms with Crippen LogP contribution in [0, 0.1) is 0 Å². The fourth-order valence-corrected chi connectivity index (χ4v) is 3.52. The fraction of sp³-hybridized carbons (Fsp3) is 0.238. The van der Waals surface area contributed by atoms with Crippen LogP contribution in [0.4, 0.5) is 18.3 Å². The zero-order valence-corrected chi connectivity index (χ0v) is 16.6. The summed E-state index contributed by atoms with van der Waals surface area (Å²) >= 11 is 1.22. The van der Waals surface area contributed by atoms with Crippen molar-refractivity contribution >= 4 is 22.4 Å². The van der Waals surface area contributed by atoms with Gasteiger partial charge in [0.2, 0.25) is 0 Å². The lowest BCUT2D eigenvalue weighted by atomic mass is 10.1. The van der Waals surface area contributed by atoms with Gasteiger partial charge in [0.25, 0.3) is 5.91 Å². The third-order valence-corrected chi connectivity index (χ3v) is 4.81. The van der Waals surface area contributed by atoms with Gasteiger partial charge in [0.15, 0.2) is 5.13 Å². The molecule has 152 valence electrons. The standard InChI is InChI=1S/C21H19F3N2O2S/c1-13(2)28-18-9-4-3-8-17(18)19(27)26-20-25-12-16(29-20)11-14-6-5-7-15(10-14)21(22,23)24/h3-10,12-13H,11H2,1-2H3,(H,25,26,27). The minimum absolute atomic E-state index is 0.0807. The van der Waals surface area contributed by atoms with Crippen molar-refractivity contribution in [3.8, 4) is 5.75 Å². The van der Waals surface area contributed by atoms with Crippen molar-refractivity contribution in [3.63, 3.8) is 0 Å². The summed E-state index contributed by atoms with van der Waals surface area (Å²) in [6.07, 6.45) is -2.61. The molecule has 0 saturated carbocycles. The molecule has 2 aromatic carbocycles. The number of carbonyl (C=O) groups excluding carboxylic acids is 1. The summed E-state index contributed by atoms with van der Waals surface area (Å²) in [7, 11) is 0. The highest BCUT2D eigenvalue weighted by Gasteiger charge is 2.30. The van der Waals surface area contributed by atoms with Gasteiger partial charge in [0, 0.05) is 17.5 Å². The number of rotatable bonds is 6. The van der Waals surface area contributed by atoms with Gasteiger partial charge >= 0.3 is 6.18 Å². The van der Waals surface area contributed by atoms with E-state index in [9.17, 15) is 18.0 Å². The first kappa shape index (κ1) is 20.9. The maximum atomic E-state index is 12.9. The molecule has 0 fully saturated rings. The molecule has 0 aliphatic rings. The number of halogens is 3. The molecule has 0 aliphatic carbocycles. The average molecular weight is 420 g/mol. The number of nitrogens with one attached hydrogen (secondary N) is 1. The number of hydrogen-bond acceptors (Lipinski definition) is 4. The predicted molar refractivity (Wildman–Crippen MR) is 107 cm³/mol. The van der Waals surface area contributed by atoms with Crippen molar-refractivity contribution < 1.29 is 22.7 Å². The van der Waals surface area contributed by atoms with E-state index in [0.717, 1.165) is 17.0 Å². The number of ether oxygens (including phenoxy) is 1. The Kier molecular flexibility index (Phi) is 6.22. The maximum Gasteiger partial charge on any atom is 0.416 e. The number of amides is 1. The van der Waals surface area contributed by atoms with Crippen LogP contribution in [0.1, 0.15) is 40.2 Å². The Morgan fingerprint density at radius 1 is 1.17 bits per heavy atom. The zero-order valence-electron chi connectivity index (χ0n) is 15.8. The van der Waals surface area contributed by atoms with Gasteiger partial charge in [-0.3, -0.25) is 10.1 Å². The van der Waals surface area contributed by atoms with E-state index >= 15 is 0 Å². The number of thiazole rings is 1. The Morgan fingerprint density at radius 3 is 2.66 bits per heavy atom. The number of anilines is 1. The quantitative estimate of drug-likeness (QED) is 0.549. The lowest BCUT2D eigenvalue weighted by Gasteiger charge is -2.13. The number of hydrogen-bond donors (Lipinski definition) is 1. The minimum Gasteiger partial charge on any atom is -0.490 e.